The first-order valence-electron chi connectivity index (χ1n) is 9.12. The van der Waals surface area contributed by atoms with Gasteiger partial charge in [-0.3, -0.25) is 9.59 Å². The maximum absolute atomic E-state index is 13.2. The lowest BCUT2D eigenvalue weighted by molar-refractivity contribution is -0.124. The highest BCUT2D eigenvalue weighted by Gasteiger charge is 2.46. The number of amides is 4. The van der Waals surface area contributed by atoms with E-state index in [0.717, 1.165) is 4.90 Å². The van der Waals surface area contributed by atoms with Gasteiger partial charge in [-0.25, -0.2) is 14.1 Å². The van der Waals surface area contributed by atoms with Crippen molar-refractivity contribution >= 4 is 29.2 Å². The Morgan fingerprint density at radius 3 is 2.32 bits per heavy atom. The number of carbonyl (C=O) groups excluding carboxylic acids is 3. The Kier molecular flexibility index (Phi) is 5.73. The molecule has 1 aliphatic heterocycles. The fraction of sp³-hybridized carbons (Fsp3) is 0.286. The van der Waals surface area contributed by atoms with Crippen molar-refractivity contribution in [2.24, 2.45) is 5.92 Å². The van der Waals surface area contributed by atoms with Crippen molar-refractivity contribution in [3.63, 3.8) is 0 Å². The van der Waals surface area contributed by atoms with Gasteiger partial charge in [-0.2, -0.15) is 0 Å². The molecule has 0 aromatic heterocycles. The first-order chi connectivity index (χ1) is 13.4. The summed E-state index contributed by atoms with van der Waals surface area (Å²) in [5.74, 6) is -1.18. The van der Waals surface area contributed by atoms with Crippen LogP contribution in [0.1, 0.15) is 20.3 Å². The number of nitrogens with zero attached hydrogens (tertiary/aromatic N) is 2. The van der Waals surface area contributed by atoms with Gasteiger partial charge in [0.25, 0.3) is 5.91 Å². The van der Waals surface area contributed by atoms with Crippen molar-refractivity contribution in [2.45, 2.75) is 26.3 Å². The highest BCUT2D eigenvalue weighted by molar-refractivity contribution is 6.22. The minimum atomic E-state index is -0.899. The number of hydrogen-bond donors (Lipinski definition) is 1. The average Bonchev–Trinajstić information content (AvgIpc) is 2.87. The summed E-state index contributed by atoms with van der Waals surface area (Å²) in [5.41, 5.74) is 0.909. The largest absolute Gasteiger partial charge is 0.332 e. The van der Waals surface area contributed by atoms with E-state index in [2.05, 4.69) is 5.32 Å². The molecule has 7 heteroatoms. The molecule has 4 amide bonds. The molecule has 0 radical (unpaired) electrons. The summed E-state index contributed by atoms with van der Waals surface area (Å²) in [5, 5.41) is 2.74. The number of halogens is 1. The minimum Gasteiger partial charge on any atom is -0.326 e. The van der Waals surface area contributed by atoms with E-state index in [1.165, 1.54) is 29.2 Å². The van der Waals surface area contributed by atoms with E-state index >= 15 is 0 Å². The first-order valence-corrected chi connectivity index (χ1v) is 9.12. The second-order valence-corrected chi connectivity index (χ2v) is 7.11. The normalized spacial score (nSPS) is 16.8. The number of imide groups is 1. The van der Waals surface area contributed by atoms with Gasteiger partial charge in [0.15, 0.2) is 0 Å². The summed E-state index contributed by atoms with van der Waals surface area (Å²) in [6, 6.07) is 12.7. The van der Waals surface area contributed by atoms with Gasteiger partial charge in [-0.1, -0.05) is 32.0 Å². The summed E-state index contributed by atoms with van der Waals surface area (Å²) in [7, 11) is 0. The van der Waals surface area contributed by atoms with E-state index in [0.29, 0.717) is 12.2 Å². The van der Waals surface area contributed by atoms with E-state index < -0.39 is 23.8 Å². The molecule has 2 aromatic rings. The number of nitrogens with one attached hydrogen (secondary N) is 1. The van der Waals surface area contributed by atoms with Gasteiger partial charge >= 0.3 is 6.03 Å². The Hall–Kier alpha value is -3.22. The molecule has 1 aliphatic rings. The van der Waals surface area contributed by atoms with Crippen molar-refractivity contribution in [1.29, 1.82) is 0 Å². The lowest BCUT2D eigenvalue weighted by Gasteiger charge is -2.23. The number of rotatable bonds is 6. The number of anilines is 2. The van der Waals surface area contributed by atoms with Gasteiger partial charge < -0.3 is 10.2 Å². The third-order valence-corrected chi connectivity index (χ3v) is 4.40. The maximum Gasteiger partial charge on any atom is 0.332 e. The molecule has 0 spiro atoms. The monoisotopic (exact) mass is 383 g/mol. The number of carbonyl (C=O) groups is 3. The van der Waals surface area contributed by atoms with Gasteiger partial charge in [0, 0.05) is 12.2 Å². The predicted molar refractivity (Wildman–Crippen MR) is 104 cm³/mol. The van der Waals surface area contributed by atoms with E-state index in [9.17, 15) is 18.8 Å². The quantitative estimate of drug-likeness (QED) is 0.774. The lowest BCUT2D eigenvalue weighted by atomic mass is 10.1. The second-order valence-electron chi connectivity index (χ2n) is 7.11. The molecule has 1 atom stereocenters. The Labute approximate surface area is 162 Å². The van der Waals surface area contributed by atoms with Crippen LogP contribution in [0.2, 0.25) is 0 Å². The van der Waals surface area contributed by atoms with E-state index in [1.807, 2.05) is 19.9 Å². The molecule has 3 rings (SSSR count). The number of benzene rings is 2. The standard InChI is InChI=1S/C21H22FN3O3/c1-14(2)13-24-18(12-19(26)23-16-6-4-3-5-7-16)20(27)25(21(24)28)17-10-8-15(22)9-11-17/h3-11,14,18H,12-13H2,1-2H3,(H,23,26). The van der Waals surface area contributed by atoms with Gasteiger partial charge in [-0.15, -0.1) is 0 Å². The second kappa shape index (κ2) is 8.21. The zero-order valence-electron chi connectivity index (χ0n) is 15.8. The zero-order valence-corrected chi connectivity index (χ0v) is 15.8. The fourth-order valence-electron chi connectivity index (χ4n) is 3.17. The third-order valence-electron chi connectivity index (χ3n) is 4.40. The Morgan fingerprint density at radius 1 is 1.07 bits per heavy atom. The molecule has 0 saturated carbocycles. The van der Waals surface area contributed by atoms with Crippen molar-refractivity contribution < 1.29 is 18.8 Å². The van der Waals surface area contributed by atoms with Gasteiger partial charge in [0.05, 0.1) is 12.1 Å². The molecule has 1 fully saturated rings. The molecule has 28 heavy (non-hydrogen) atoms. The van der Waals surface area contributed by atoms with Crippen LogP contribution in [-0.2, 0) is 9.59 Å². The van der Waals surface area contributed by atoms with Gasteiger partial charge in [-0.05, 0) is 42.3 Å². The van der Waals surface area contributed by atoms with E-state index in [-0.39, 0.29) is 23.9 Å². The molecule has 1 heterocycles. The molecule has 0 aliphatic carbocycles. The van der Waals surface area contributed by atoms with Crippen LogP contribution in [0.3, 0.4) is 0 Å². The molecule has 1 N–H and O–H groups in total. The van der Waals surface area contributed by atoms with E-state index in [4.69, 9.17) is 0 Å². The molecule has 1 saturated heterocycles. The molecule has 6 nitrogen and oxygen atoms in total. The molecule has 146 valence electrons. The molecular formula is C21H22FN3O3. The molecule has 0 bridgehead atoms. The Bertz CT molecular complexity index is 868. The first kappa shape index (κ1) is 19.5. The molecule has 1 unspecified atom stereocenters. The van der Waals surface area contributed by atoms with Crippen LogP contribution >= 0.6 is 0 Å². The molecule has 2 aromatic carbocycles. The lowest BCUT2D eigenvalue weighted by Crippen LogP contribution is -2.40. The smallest absolute Gasteiger partial charge is 0.326 e. The Morgan fingerprint density at radius 2 is 1.71 bits per heavy atom. The third kappa shape index (κ3) is 4.19. The van der Waals surface area contributed by atoms with Crippen LogP contribution in [0.15, 0.2) is 54.6 Å². The Balaban J connectivity index is 1.82. The van der Waals surface area contributed by atoms with Gasteiger partial charge in [0.2, 0.25) is 5.91 Å². The number of urea groups is 1. The van der Waals surface area contributed by atoms with Gasteiger partial charge in [0.1, 0.15) is 11.9 Å². The van der Waals surface area contributed by atoms with Crippen molar-refractivity contribution in [1.82, 2.24) is 4.90 Å². The minimum absolute atomic E-state index is 0.115. The summed E-state index contributed by atoms with van der Waals surface area (Å²) < 4.78 is 13.2. The summed E-state index contributed by atoms with van der Waals surface area (Å²) in [6.45, 7) is 4.20. The number of hydrogen-bond acceptors (Lipinski definition) is 3. The fourth-order valence-corrected chi connectivity index (χ4v) is 3.17. The topological polar surface area (TPSA) is 69.7 Å². The van der Waals surface area contributed by atoms with Crippen LogP contribution in [0.4, 0.5) is 20.6 Å². The van der Waals surface area contributed by atoms with Crippen LogP contribution in [0.5, 0.6) is 0 Å². The summed E-state index contributed by atoms with van der Waals surface area (Å²) in [4.78, 5) is 40.8. The van der Waals surface area contributed by atoms with Crippen molar-refractivity contribution in [2.75, 3.05) is 16.8 Å². The summed E-state index contributed by atoms with van der Waals surface area (Å²) >= 11 is 0. The van der Waals surface area contributed by atoms with Crippen LogP contribution in [-0.4, -0.2) is 35.3 Å². The molecular weight excluding hydrogens is 361 g/mol. The SMILES string of the molecule is CC(C)CN1C(=O)N(c2ccc(F)cc2)C(=O)C1CC(=O)Nc1ccccc1. The number of para-hydroxylation sites is 1. The van der Waals surface area contributed by atoms with Crippen LogP contribution in [0.25, 0.3) is 0 Å². The van der Waals surface area contributed by atoms with E-state index in [1.54, 1.807) is 24.3 Å². The van der Waals surface area contributed by atoms with Crippen LogP contribution < -0.4 is 10.2 Å². The predicted octanol–water partition coefficient (Wildman–Crippen LogP) is 3.65. The highest BCUT2D eigenvalue weighted by atomic mass is 19.1. The van der Waals surface area contributed by atoms with Crippen molar-refractivity contribution in [3.8, 4) is 0 Å². The maximum atomic E-state index is 13.2. The summed E-state index contributed by atoms with van der Waals surface area (Å²) in [6.07, 6.45) is -0.149. The average molecular weight is 383 g/mol. The van der Waals surface area contributed by atoms with Crippen LogP contribution in [0, 0.1) is 11.7 Å². The van der Waals surface area contributed by atoms with Crippen molar-refractivity contribution in [3.05, 3.63) is 60.4 Å². The highest BCUT2D eigenvalue weighted by Crippen LogP contribution is 2.28. The zero-order chi connectivity index (χ0) is 20.3.